The summed E-state index contributed by atoms with van der Waals surface area (Å²) >= 11 is 0. The molecule has 0 bridgehead atoms. The van der Waals surface area contributed by atoms with E-state index in [0.717, 1.165) is 42.1 Å². The molecule has 0 amide bonds. The molecule has 0 aromatic heterocycles. The Morgan fingerprint density at radius 1 is 1.25 bits per heavy atom. The van der Waals surface area contributed by atoms with E-state index in [9.17, 15) is 5.26 Å². The lowest BCUT2D eigenvalue weighted by molar-refractivity contribution is 0.330. The van der Waals surface area contributed by atoms with Gasteiger partial charge in [-0.15, -0.1) is 0 Å². The van der Waals surface area contributed by atoms with Crippen molar-refractivity contribution in [2.24, 2.45) is 0 Å². The quantitative estimate of drug-likeness (QED) is 0.824. The lowest BCUT2D eigenvalue weighted by Crippen LogP contribution is -2.25. The van der Waals surface area contributed by atoms with Crippen LogP contribution in [0.15, 0.2) is 12.1 Å². The van der Waals surface area contributed by atoms with Gasteiger partial charge in [-0.1, -0.05) is 6.07 Å². The molecule has 1 saturated heterocycles. The Morgan fingerprint density at radius 3 is 2.55 bits per heavy atom. The van der Waals surface area contributed by atoms with E-state index in [1.54, 1.807) is 0 Å². The van der Waals surface area contributed by atoms with Crippen molar-refractivity contribution in [3.8, 4) is 11.8 Å². The van der Waals surface area contributed by atoms with Crippen LogP contribution in [0.4, 0.5) is 0 Å². The highest BCUT2D eigenvalue weighted by molar-refractivity contribution is 5.44. The first-order valence-electron chi connectivity index (χ1n) is 7.51. The van der Waals surface area contributed by atoms with Crippen molar-refractivity contribution in [3.05, 3.63) is 28.8 Å². The molecule has 0 radical (unpaired) electrons. The van der Waals surface area contributed by atoms with Crippen LogP contribution in [0.25, 0.3) is 0 Å². The van der Waals surface area contributed by atoms with Crippen molar-refractivity contribution < 1.29 is 4.74 Å². The van der Waals surface area contributed by atoms with Crippen LogP contribution in [-0.2, 0) is 0 Å². The van der Waals surface area contributed by atoms with E-state index < -0.39 is 0 Å². The largest absolute Gasteiger partial charge is 0.494 e. The van der Waals surface area contributed by atoms with Crippen LogP contribution in [0.5, 0.6) is 5.75 Å². The predicted molar refractivity (Wildman–Crippen MR) is 81.1 cm³/mol. The Hall–Kier alpha value is -1.53. The third-order valence-corrected chi connectivity index (χ3v) is 4.03. The number of likely N-dealkylation sites (tertiary alicyclic amines) is 1. The Labute approximate surface area is 122 Å². The van der Waals surface area contributed by atoms with Gasteiger partial charge in [-0.3, -0.25) is 0 Å². The summed E-state index contributed by atoms with van der Waals surface area (Å²) in [5.41, 5.74) is 3.43. The molecule has 0 spiro atoms. The topological polar surface area (TPSA) is 36.3 Å². The van der Waals surface area contributed by atoms with Gasteiger partial charge in [0, 0.05) is 6.54 Å². The molecule has 108 valence electrons. The van der Waals surface area contributed by atoms with Gasteiger partial charge in [0.15, 0.2) is 0 Å². The molecule has 2 rings (SSSR count). The molecule has 0 N–H and O–H groups in total. The van der Waals surface area contributed by atoms with Gasteiger partial charge in [-0.2, -0.15) is 5.26 Å². The van der Waals surface area contributed by atoms with Crippen molar-refractivity contribution in [1.82, 2.24) is 4.90 Å². The minimum absolute atomic E-state index is 0.0394. The number of rotatable bonds is 5. The number of nitriles is 1. The summed E-state index contributed by atoms with van der Waals surface area (Å²) < 4.78 is 5.63. The highest BCUT2D eigenvalue weighted by atomic mass is 16.5. The van der Waals surface area contributed by atoms with Gasteiger partial charge in [0.2, 0.25) is 0 Å². The second-order valence-corrected chi connectivity index (χ2v) is 5.60. The van der Waals surface area contributed by atoms with Gasteiger partial charge in [-0.05, 0) is 69.5 Å². The molecule has 3 heteroatoms. The third kappa shape index (κ3) is 3.32. The van der Waals surface area contributed by atoms with E-state index in [0.29, 0.717) is 6.61 Å². The van der Waals surface area contributed by atoms with Crippen molar-refractivity contribution in [2.75, 3.05) is 26.2 Å². The highest BCUT2D eigenvalue weighted by Gasteiger charge is 2.21. The maximum atomic E-state index is 9.52. The molecule has 0 aliphatic carbocycles. The van der Waals surface area contributed by atoms with Crippen LogP contribution >= 0.6 is 0 Å². The Balaban J connectivity index is 2.20. The zero-order chi connectivity index (χ0) is 14.5. The highest BCUT2D eigenvalue weighted by Crippen LogP contribution is 2.29. The molecule has 1 aliphatic heterocycles. The van der Waals surface area contributed by atoms with Crippen LogP contribution in [0.2, 0.25) is 0 Å². The molecular weight excluding hydrogens is 248 g/mol. The lowest BCUT2D eigenvalue weighted by atomic mass is 9.93. The number of nitrogens with zero attached hydrogens (tertiary/aromatic N) is 2. The molecule has 1 fully saturated rings. The van der Waals surface area contributed by atoms with Gasteiger partial charge in [0.25, 0.3) is 0 Å². The molecule has 1 aromatic rings. The van der Waals surface area contributed by atoms with E-state index in [1.807, 2.05) is 6.92 Å². The summed E-state index contributed by atoms with van der Waals surface area (Å²) in [5.74, 6) is 0.897. The maximum Gasteiger partial charge on any atom is 0.122 e. The average Bonchev–Trinajstić information content (AvgIpc) is 2.93. The minimum Gasteiger partial charge on any atom is -0.494 e. The first-order chi connectivity index (χ1) is 9.65. The van der Waals surface area contributed by atoms with Crippen LogP contribution in [0.3, 0.4) is 0 Å². The summed E-state index contributed by atoms with van der Waals surface area (Å²) in [6.07, 6.45) is 2.53. The standard InChI is InChI=1S/C17H24N2O/c1-4-20-17-10-13(2)16(9-14(17)3)15(11-18)12-19-7-5-6-8-19/h9-10,15H,4-8,12H2,1-3H3. The van der Waals surface area contributed by atoms with Crippen molar-refractivity contribution >= 4 is 0 Å². The Bertz CT molecular complexity index is 498. The monoisotopic (exact) mass is 272 g/mol. The number of ether oxygens (including phenoxy) is 1. The molecule has 1 aromatic carbocycles. The van der Waals surface area contributed by atoms with Crippen LogP contribution in [-0.4, -0.2) is 31.1 Å². The molecular formula is C17H24N2O. The fraction of sp³-hybridized carbons (Fsp3) is 0.588. The summed E-state index contributed by atoms with van der Waals surface area (Å²) in [6.45, 7) is 9.91. The molecule has 1 aliphatic rings. The Morgan fingerprint density at radius 2 is 1.95 bits per heavy atom. The average molecular weight is 272 g/mol. The number of hydrogen-bond acceptors (Lipinski definition) is 3. The molecule has 20 heavy (non-hydrogen) atoms. The summed E-state index contributed by atoms with van der Waals surface area (Å²) in [7, 11) is 0. The number of aryl methyl sites for hydroxylation is 2. The van der Waals surface area contributed by atoms with E-state index in [-0.39, 0.29) is 5.92 Å². The first kappa shape index (κ1) is 14.9. The molecule has 1 atom stereocenters. The summed E-state index contributed by atoms with van der Waals surface area (Å²) in [4.78, 5) is 2.40. The lowest BCUT2D eigenvalue weighted by Gasteiger charge is -2.21. The van der Waals surface area contributed by atoms with Crippen molar-refractivity contribution in [3.63, 3.8) is 0 Å². The summed E-state index contributed by atoms with van der Waals surface area (Å²) in [6, 6.07) is 6.68. The van der Waals surface area contributed by atoms with Crippen LogP contribution in [0.1, 0.15) is 42.4 Å². The van der Waals surface area contributed by atoms with Gasteiger partial charge in [-0.25, -0.2) is 0 Å². The maximum absolute atomic E-state index is 9.52. The molecule has 1 unspecified atom stereocenters. The SMILES string of the molecule is CCOc1cc(C)c(C(C#N)CN2CCCC2)cc1C. The summed E-state index contributed by atoms with van der Waals surface area (Å²) in [5, 5.41) is 9.52. The molecule has 0 saturated carbocycles. The fourth-order valence-electron chi connectivity index (χ4n) is 2.93. The minimum atomic E-state index is -0.0394. The van der Waals surface area contributed by atoms with Crippen molar-refractivity contribution in [1.29, 1.82) is 5.26 Å². The van der Waals surface area contributed by atoms with Crippen LogP contribution < -0.4 is 4.74 Å². The zero-order valence-corrected chi connectivity index (χ0v) is 12.8. The first-order valence-corrected chi connectivity index (χ1v) is 7.51. The smallest absolute Gasteiger partial charge is 0.122 e. The van der Waals surface area contributed by atoms with E-state index in [4.69, 9.17) is 4.74 Å². The second kappa shape index (κ2) is 6.76. The fourth-order valence-corrected chi connectivity index (χ4v) is 2.93. The number of hydrogen-bond donors (Lipinski definition) is 0. The predicted octanol–water partition coefficient (Wildman–Crippen LogP) is 3.41. The van der Waals surface area contributed by atoms with E-state index in [1.165, 1.54) is 12.8 Å². The number of benzene rings is 1. The van der Waals surface area contributed by atoms with Crippen LogP contribution in [0, 0.1) is 25.2 Å². The zero-order valence-electron chi connectivity index (χ0n) is 12.8. The Kier molecular flexibility index (Phi) is 5.03. The molecule has 3 nitrogen and oxygen atoms in total. The second-order valence-electron chi connectivity index (χ2n) is 5.60. The van der Waals surface area contributed by atoms with Gasteiger partial charge < -0.3 is 9.64 Å². The van der Waals surface area contributed by atoms with Gasteiger partial charge >= 0.3 is 0 Å². The van der Waals surface area contributed by atoms with Gasteiger partial charge in [0.05, 0.1) is 18.6 Å². The van der Waals surface area contributed by atoms with Gasteiger partial charge in [0.1, 0.15) is 5.75 Å². The van der Waals surface area contributed by atoms with E-state index >= 15 is 0 Å². The molecule has 1 heterocycles. The van der Waals surface area contributed by atoms with Crippen molar-refractivity contribution in [2.45, 2.75) is 39.5 Å². The van der Waals surface area contributed by atoms with E-state index in [2.05, 4.69) is 36.9 Å². The third-order valence-electron chi connectivity index (χ3n) is 4.03. The normalized spacial score (nSPS) is 16.9.